The van der Waals surface area contributed by atoms with Crippen molar-refractivity contribution in [1.82, 2.24) is 4.90 Å². The average molecular weight is 235 g/mol. The van der Waals surface area contributed by atoms with Gasteiger partial charge in [0.15, 0.2) is 0 Å². The topological polar surface area (TPSA) is 63.7 Å². The van der Waals surface area contributed by atoms with Gasteiger partial charge in [0.1, 0.15) is 13.7 Å². The van der Waals surface area contributed by atoms with Gasteiger partial charge in [-0.15, -0.1) is 0 Å². The smallest absolute Gasteiger partial charge is 0.325 e. The number of amides is 1. The molecule has 0 atom stereocenters. The number of hydrogen-bond donors (Lipinski definition) is 0. The summed E-state index contributed by atoms with van der Waals surface area (Å²) in [6, 6.07) is 0. The van der Waals surface area contributed by atoms with E-state index in [0.29, 0.717) is 18.7 Å². The van der Waals surface area contributed by atoms with Crippen molar-refractivity contribution >= 4 is 19.5 Å². The standard InChI is InChI=1S/C9H18NO4P/c1-4-15(13,5-2)8-10(7-11)6-9(12)14-3/h7H,4-6,8H2,1-3H3. The lowest BCUT2D eigenvalue weighted by Gasteiger charge is -2.22. The van der Waals surface area contributed by atoms with Gasteiger partial charge in [0.25, 0.3) is 0 Å². The van der Waals surface area contributed by atoms with Crippen LogP contribution in [0.2, 0.25) is 0 Å². The lowest BCUT2D eigenvalue weighted by Crippen LogP contribution is -2.30. The molecule has 0 fully saturated rings. The van der Waals surface area contributed by atoms with Crippen LogP contribution >= 0.6 is 7.14 Å². The van der Waals surface area contributed by atoms with Crippen LogP contribution in [0.1, 0.15) is 13.8 Å². The molecule has 0 rings (SSSR count). The third-order valence-electron chi connectivity index (χ3n) is 2.30. The number of carbonyl (C=O) groups is 2. The molecule has 0 aliphatic carbocycles. The third kappa shape index (κ3) is 4.98. The van der Waals surface area contributed by atoms with Crippen molar-refractivity contribution in [2.75, 3.05) is 32.3 Å². The van der Waals surface area contributed by atoms with Gasteiger partial charge in [0.05, 0.1) is 13.4 Å². The maximum absolute atomic E-state index is 12.0. The molecule has 0 saturated heterocycles. The molecule has 0 spiro atoms. The first-order valence-electron chi connectivity index (χ1n) is 4.84. The quantitative estimate of drug-likeness (QED) is 0.375. The van der Waals surface area contributed by atoms with Crippen LogP contribution in [-0.4, -0.2) is 49.5 Å². The van der Waals surface area contributed by atoms with Crippen molar-refractivity contribution in [2.24, 2.45) is 0 Å². The normalized spacial score (nSPS) is 10.9. The van der Waals surface area contributed by atoms with Crippen molar-refractivity contribution in [3.63, 3.8) is 0 Å². The predicted octanol–water partition coefficient (Wildman–Crippen LogP) is 0.978. The summed E-state index contributed by atoms with van der Waals surface area (Å²) in [5.74, 6) is -0.499. The molecular weight excluding hydrogens is 217 g/mol. The van der Waals surface area contributed by atoms with E-state index in [4.69, 9.17) is 0 Å². The maximum atomic E-state index is 12.0. The van der Waals surface area contributed by atoms with E-state index < -0.39 is 13.1 Å². The predicted molar refractivity (Wildman–Crippen MR) is 58.3 cm³/mol. The van der Waals surface area contributed by atoms with E-state index in [1.165, 1.54) is 12.0 Å². The van der Waals surface area contributed by atoms with E-state index >= 15 is 0 Å². The highest BCUT2D eigenvalue weighted by atomic mass is 31.2. The second-order valence-electron chi connectivity index (χ2n) is 3.26. The number of carbonyl (C=O) groups excluding carboxylic acids is 2. The van der Waals surface area contributed by atoms with E-state index in [1.807, 2.05) is 13.8 Å². The van der Waals surface area contributed by atoms with E-state index in [0.717, 1.165) is 0 Å². The van der Waals surface area contributed by atoms with Gasteiger partial charge in [0.2, 0.25) is 6.41 Å². The van der Waals surface area contributed by atoms with Gasteiger partial charge >= 0.3 is 5.97 Å². The summed E-state index contributed by atoms with van der Waals surface area (Å²) in [4.78, 5) is 22.8. The van der Waals surface area contributed by atoms with Crippen LogP contribution in [0.15, 0.2) is 0 Å². The van der Waals surface area contributed by atoms with Gasteiger partial charge in [-0.1, -0.05) is 13.8 Å². The fourth-order valence-corrected chi connectivity index (χ4v) is 2.78. The first kappa shape index (κ1) is 14.2. The molecule has 0 aromatic carbocycles. The molecule has 0 aromatic heterocycles. The monoisotopic (exact) mass is 235 g/mol. The Labute approximate surface area is 90.1 Å². The molecule has 1 amide bonds. The van der Waals surface area contributed by atoms with Gasteiger partial charge < -0.3 is 14.2 Å². The molecule has 0 radical (unpaired) electrons. The minimum absolute atomic E-state index is 0.135. The van der Waals surface area contributed by atoms with Gasteiger partial charge in [-0.25, -0.2) is 0 Å². The maximum Gasteiger partial charge on any atom is 0.325 e. The molecule has 0 aliphatic heterocycles. The molecule has 0 aliphatic rings. The molecule has 0 saturated carbocycles. The van der Waals surface area contributed by atoms with Gasteiger partial charge in [0, 0.05) is 0 Å². The first-order chi connectivity index (χ1) is 7.01. The summed E-state index contributed by atoms with van der Waals surface area (Å²) < 4.78 is 16.5. The van der Waals surface area contributed by atoms with Gasteiger partial charge in [-0.2, -0.15) is 0 Å². The van der Waals surface area contributed by atoms with Crippen LogP contribution in [0.4, 0.5) is 0 Å². The Bertz CT molecular complexity index is 259. The zero-order chi connectivity index (χ0) is 11.9. The van der Waals surface area contributed by atoms with Crippen molar-refractivity contribution in [3.05, 3.63) is 0 Å². The largest absolute Gasteiger partial charge is 0.468 e. The fraction of sp³-hybridized carbons (Fsp3) is 0.778. The molecule has 15 heavy (non-hydrogen) atoms. The molecule has 88 valence electrons. The summed E-state index contributed by atoms with van der Waals surface area (Å²) >= 11 is 0. The zero-order valence-corrected chi connectivity index (χ0v) is 10.3. The van der Waals surface area contributed by atoms with E-state index in [9.17, 15) is 14.2 Å². The first-order valence-corrected chi connectivity index (χ1v) is 7.10. The van der Waals surface area contributed by atoms with E-state index in [-0.39, 0.29) is 12.8 Å². The Morgan fingerprint density at radius 1 is 1.40 bits per heavy atom. The Balaban J connectivity index is 4.38. The number of ether oxygens (including phenoxy) is 1. The molecule has 0 bridgehead atoms. The Morgan fingerprint density at radius 3 is 2.27 bits per heavy atom. The van der Waals surface area contributed by atoms with Crippen LogP contribution in [0.3, 0.4) is 0 Å². The lowest BCUT2D eigenvalue weighted by atomic mass is 10.6. The second-order valence-corrected chi connectivity index (χ2v) is 6.92. The Morgan fingerprint density at radius 2 is 1.93 bits per heavy atom. The highest BCUT2D eigenvalue weighted by Crippen LogP contribution is 2.44. The molecule has 5 nitrogen and oxygen atoms in total. The zero-order valence-electron chi connectivity index (χ0n) is 9.43. The Hall–Kier alpha value is -0.830. The minimum Gasteiger partial charge on any atom is -0.468 e. The SMILES string of the molecule is CCP(=O)(CC)CN(C=O)CC(=O)OC. The van der Waals surface area contributed by atoms with Crippen molar-refractivity contribution < 1.29 is 18.9 Å². The molecule has 0 aromatic rings. The van der Waals surface area contributed by atoms with Crippen molar-refractivity contribution in [3.8, 4) is 0 Å². The summed E-state index contributed by atoms with van der Waals surface area (Å²) in [5, 5.41) is 0. The number of rotatable bonds is 7. The molecule has 6 heteroatoms. The second kappa shape index (κ2) is 6.62. The molecule has 0 heterocycles. The van der Waals surface area contributed by atoms with Crippen LogP contribution in [-0.2, 0) is 18.9 Å². The Kier molecular flexibility index (Phi) is 6.25. The third-order valence-corrected chi connectivity index (χ3v) is 5.48. The summed E-state index contributed by atoms with van der Waals surface area (Å²) in [7, 11) is -1.08. The van der Waals surface area contributed by atoms with Crippen LogP contribution in [0.5, 0.6) is 0 Å². The number of esters is 1. The highest BCUT2D eigenvalue weighted by Gasteiger charge is 2.22. The summed E-state index contributed by atoms with van der Waals surface area (Å²) in [6.07, 6.45) is 1.76. The van der Waals surface area contributed by atoms with Gasteiger partial charge in [-0.05, 0) is 12.3 Å². The summed E-state index contributed by atoms with van der Waals surface area (Å²) in [6.45, 7) is 3.51. The summed E-state index contributed by atoms with van der Waals surface area (Å²) in [5.41, 5.74) is 0. The van der Waals surface area contributed by atoms with E-state index in [2.05, 4.69) is 4.74 Å². The average Bonchev–Trinajstić information content (AvgIpc) is 2.27. The van der Waals surface area contributed by atoms with Crippen LogP contribution in [0.25, 0.3) is 0 Å². The van der Waals surface area contributed by atoms with E-state index in [1.54, 1.807) is 0 Å². The molecule has 0 N–H and O–H groups in total. The fourth-order valence-electron chi connectivity index (χ4n) is 1.11. The van der Waals surface area contributed by atoms with Crippen molar-refractivity contribution in [2.45, 2.75) is 13.8 Å². The van der Waals surface area contributed by atoms with Crippen LogP contribution in [0, 0.1) is 0 Å². The van der Waals surface area contributed by atoms with Crippen LogP contribution < -0.4 is 0 Å². The lowest BCUT2D eigenvalue weighted by molar-refractivity contribution is -0.143. The minimum atomic E-state index is -2.33. The van der Waals surface area contributed by atoms with Crippen molar-refractivity contribution in [1.29, 1.82) is 0 Å². The number of nitrogens with zero attached hydrogens (tertiary/aromatic N) is 1. The highest BCUT2D eigenvalue weighted by molar-refractivity contribution is 7.63. The van der Waals surface area contributed by atoms with Gasteiger partial charge in [-0.3, -0.25) is 9.59 Å². The molecular formula is C9H18NO4P. The molecule has 0 unspecified atom stereocenters. The number of hydrogen-bond acceptors (Lipinski definition) is 4. The number of methoxy groups -OCH3 is 1.